The van der Waals surface area contributed by atoms with Crippen molar-refractivity contribution in [2.24, 2.45) is 10.7 Å². The monoisotopic (exact) mass is 338 g/mol. The molecule has 1 saturated heterocycles. The van der Waals surface area contributed by atoms with Crippen molar-refractivity contribution in [3.63, 3.8) is 0 Å². The molecule has 1 heterocycles. The Balaban J connectivity index is 1.61. The van der Waals surface area contributed by atoms with Crippen LogP contribution in [0.3, 0.4) is 0 Å². The summed E-state index contributed by atoms with van der Waals surface area (Å²) in [5.41, 5.74) is 11.1. The van der Waals surface area contributed by atoms with Crippen LogP contribution in [0.15, 0.2) is 47.5 Å². The van der Waals surface area contributed by atoms with Crippen molar-refractivity contribution >= 4 is 23.4 Å². The molecule has 0 unspecified atom stereocenters. The number of nitrogens with two attached hydrogens (primary N) is 1. The van der Waals surface area contributed by atoms with E-state index in [1.807, 2.05) is 50.2 Å². The Labute approximate surface area is 147 Å². The molecule has 0 aromatic heterocycles. The fraction of sp³-hybridized carbons (Fsp3) is 0.263. The number of nitrogens with one attached hydrogen (secondary N) is 1. The lowest BCUT2D eigenvalue weighted by Crippen LogP contribution is -2.23. The van der Waals surface area contributed by atoms with Crippen LogP contribution in [0.1, 0.15) is 16.7 Å². The van der Waals surface area contributed by atoms with Crippen LogP contribution in [0, 0.1) is 13.8 Å². The van der Waals surface area contributed by atoms with Crippen LogP contribution in [-0.4, -0.2) is 25.2 Å². The van der Waals surface area contributed by atoms with Gasteiger partial charge in [-0.2, -0.15) is 0 Å². The number of carbonyl (C=O) groups excluding carboxylic acids is 1. The Morgan fingerprint density at radius 1 is 1.20 bits per heavy atom. The maximum atomic E-state index is 11.6. The normalized spacial score (nSPS) is 14.6. The molecule has 1 aliphatic heterocycles. The Bertz CT molecular complexity index is 779. The molecule has 0 bridgehead atoms. The highest BCUT2D eigenvalue weighted by molar-refractivity contribution is 5.92. The summed E-state index contributed by atoms with van der Waals surface area (Å²) in [6.07, 6.45) is -0.298. The van der Waals surface area contributed by atoms with E-state index in [1.54, 1.807) is 4.90 Å². The number of hydrogen-bond donors (Lipinski definition) is 2. The van der Waals surface area contributed by atoms with Crippen molar-refractivity contribution in [2.75, 3.05) is 23.4 Å². The number of anilines is 2. The summed E-state index contributed by atoms with van der Waals surface area (Å²) in [6.45, 7) is 5.58. The minimum atomic E-state index is -0.298. The third-order valence-corrected chi connectivity index (χ3v) is 3.93. The second-order valence-electron chi connectivity index (χ2n) is 6.14. The molecule has 2 aromatic rings. The van der Waals surface area contributed by atoms with E-state index in [-0.39, 0.29) is 6.09 Å². The third-order valence-electron chi connectivity index (χ3n) is 3.93. The van der Waals surface area contributed by atoms with Crippen LogP contribution >= 0.6 is 0 Å². The Hall–Kier alpha value is -3.02. The highest BCUT2D eigenvalue weighted by Gasteiger charge is 2.23. The van der Waals surface area contributed by atoms with Gasteiger partial charge in [-0.3, -0.25) is 4.90 Å². The summed E-state index contributed by atoms with van der Waals surface area (Å²) < 4.78 is 4.94. The second-order valence-corrected chi connectivity index (χ2v) is 6.14. The van der Waals surface area contributed by atoms with Gasteiger partial charge in [-0.1, -0.05) is 18.2 Å². The number of guanidine groups is 1. The summed E-state index contributed by atoms with van der Waals surface area (Å²) in [4.78, 5) is 17.5. The zero-order chi connectivity index (χ0) is 17.8. The molecule has 130 valence electrons. The van der Waals surface area contributed by atoms with E-state index in [1.165, 1.54) is 11.1 Å². The average molecular weight is 338 g/mol. The number of aryl methyl sites for hydroxylation is 2. The zero-order valence-electron chi connectivity index (χ0n) is 14.5. The Morgan fingerprint density at radius 2 is 1.88 bits per heavy atom. The van der Waals surface area contributed by atoms with E-state index in [0.29, 0.717) is 25.7 Å². The standard InChI is InChI=1S/C19H22N4O2/c1-13-9-14(2)11-16(10-13)22-18(20)21-12-15-3-5-17(6-4-15)23-7-8-25-19(23)24/h3-6,9-11H,7-8,12H2,1-2H3,(H3,20,21,22). The van der Waals surface area contributed by atoms with Crippen LogP contribution < -0.4 is 16.0 Å². The molecule has 0 saturated carbocycles. The van der Waals surface area contributed by atoms with Gasteiger partial charge in [0.15, 0.2) is 5.96 Å². The van der Waals surface area contributed by atoms with Crippen LogP contribution in [-0.2, 0) is 11.3 Å². The van der Waals surface area contributed by atoms with Gasteiger partial charge in [0.05, 0.1) is 13.1 Å². The molecule has 3 N–H and O–H groups in total. The molecule has 1 amide bonds. The molecular formula is C19H22N4O2. The molecule has 25 heavy (non-hydrogen) atoms. The number of benzene rings is 2. The molecule has 1 fully saturated rings. The predicted octanol–water partition coefficient (Wildman–Crippen LogP) is 3.19. The van der Waals surface area contributed by atoms with E-state index in [2.05, 4.69) is 16.4 Å². The van der Waals surface area contributed by atoms with Crippen molar-refractivity contribution in [1.82, 2.24) is 0 Å². The largest absolute Gasteiger partial charge is 0.447 e. The molecule has 0 spiro atoms. The van der Waals surface area contributed by atoms with Gasteiger partial charge in [0.1, 0.15) is 6.61 Å². The second kappa shape index (κ2) is 7.25. The highest BCUT2D eigenvalue weighted by Crippen LogP contribution is 2.19. The van der Waals surface area contributed by atoms with Crippen LogP contribution in [0.4, 0.5) is 16.2 Å². The first kappa shape index (κ1) is 16.8. The number of cyclic esters (lactones) is 1. The fourth-order valence-corrected chi connectivity index (χ4v) is 2.82. The van der Waals surface area contributed by atoms with Gasteiger partial charge in [-0.25, -0.2) is 9.79 Å². The van der Waals surface area contributed by atoms with Gasteiger partial charge in [0, 0.05) is 11.4 Å². The number of hydrogen-bond acceptors (Lipinski definition) is 3. The molecular weight excluding hydrogens is 316 g/mol. The molecule has 6 nitrogen and oxygen atoms in total. The first-order valence-corrected chi connectivity index (χ1v) is 8.20. The Morgan fingerprint density at radius 3 is 2.48 bits per heavy atom. The molecule has 0 aliphatic carbocycles. The summed E-state index contributed by atoms with van der Waals surface area (Å²) in [5.74, 6) is 0.372. The lowest BCUT2D eigenvalue weighted by Gasteiger charge is -2.12. The summed E-state index contributed by atoms with van der Waals surface area (Å²) in [6, 6.07) is 13.8. The van der Waals surface area contributed by atoms with Gasteiger partial charge in [-0.15, -0.1) is 0 Å². The van der Waals surface area contributed by atoms with Gasteiger partial charge in [-0.05, 0) is 54.8 Å². The van der Waals surface area contributed by atoms with Crippen molar-refractivity contribution in [3.05, 3.63) is 59.2 Å². The van der Waals surface area contributed by atoms with E-state index < -0.39 is 0 Å². The topological polar surface area (TPSA) is 79.9 Å². The maximum Gasteiger partial charge on any atom is 0.414 e. The lowest BCUT2D eigenvalue weighted by molar-refractivity contribution is 0.181. The SMILES string of the molecule is Cc1cc(C)cc(NC(N)=NCc2ccc(N3CCOC3=O)cc2)c1. The summed E-state index contributed by atoms with van der Waals surface area (Å²) in [5, 5.41) is 3.11. The fourth-order valence-electron chi connectivity index (χ4n) is 2.82. The van der Waals surface area contributed by atoms with Gasteiger partial charge >= 0.3 is 6.09 Å². The number of nitrogens with zero attached hydrogens (tertiary/aromatic N) is 2. The van der Waals surface area contributed by atoms with Crippen LogP contribution in [0.5, 0.6) is 0 Å². The predicted molar refractivity (Wildman–Crippen MR) is 100 cm³/mol. The number of amides is 1. The minimum Gasteiger partial charge on any atom is -0.447 e. The minimum absolute atomic E-state index is 0.298. The number of aliphatic imine (C=N–C) groups is 1. The number of ether oxygens (including phenoxy) is 1. The average Bonchev–Trinajstić information content (AvgIpc) is 2.98. The first-order valence-electron chi connectivity index (χ1n) is 8.20. The van der Waals surface area contributed by atoms with Crippen molar-refractivity contribution in [1.29, 1.82) is 0 Å². The van der Waals surface area contributed by atoms with Gasteiger partial charge in [0.2, 0.25) is 0 Å². The van der Waals surface area contributed by atoms with Crippen molar-refractivity contribution in [2.45, 2.75) is 20.4 Å². The third kappa shape index (κ3) is 4.29. The highest BCUT2D eigenvalue weighted by atomic mass is 16.6. The van der Waals surface area contributed by atoms with E-state index in [4.69, 9.17) is 10.5 Å². The molecule has 0 radical (unpaired) electrons. The van der Waals surface area contributed by atoms with Crippen LogP contribution in [0.25, 0.3) is 0 Å². The maximum absolute atomic E-state index is 11.6. The molecule has 6 heteroatoms. The van der Waals surface area contributed by atoms with Gasteiger partial charge in [0.25, 0.3) is 0 Å². The van der Waals surface area contributed by atoms with Crippen molar-refractivity contribution in [3.8, 4) is 0 Å². The summed E-state index contributed by atoms with van der Waals surface area (Å²) in [7, 11) is 0. The van der Waals surface area contributed by atoms with E-state index in [9.17, 15) is 4.79 Å². The number of carbonyl (C=O) groups is 1. The van der Waals surface area contributed by atoms with Crippen LogP contribution in [0.2, 0.25) is 0 Å². The van der Waals surface area contributed by atoms with E-state index in [0.717, 1.165) is 16.9 Å². The molecule has 1 aliphatic rings. The Kier molecular flexibility index (Phi) is 4.88. The quantitative estimate of drug-likeness (QED) is 0.663. The molecule has 2 aromatic carbocycles. The molecule has 0 atom stereocenters. The van der Waals surface area contributed by atoms with Crippen molar-refractivity contribution < 1.29 is 9.53 Å². The first-order chi connectivity index (χ1) is 12.0. The van der Waals surface area contributed by atoms with Gasteiger partial charge < -0.3 is 15.8 Å². The molecule has 3 rings (SSSR count). The zero-order valence-corrected chi connectivity index (χ0v) is 14.5. The smallest absolute Gasteiger partial charge is 0.414 e. The lowest BCUT2D eigenvalue weighted by atomic mass is 10.1. The number of rotatable bonds is 4. The van der Waals surface area contributed by atoms with E-state index >= 15 is 0 Å². The summed E-state index contributed by atoms with van der Waals surface area (Å²) >= 11 is 0.